The minimum Gasteiger partial charge on any atom is -0.397 e. The zero-order chi connectivity index (χ0) is 17.2. The van der Waals surface area contributed by atoms with E-state index in [0.29, 0.717) is 4.90 Å². The van der Waals surface area contributed by atoms with E-state index in [1.807, 2.05) is 0 Å². The van der Waals surface area contributed by atoms with E-state index in [9.17, 15) is 22.8 Å². The Labute approximate surface area is 130 Å². The molecule has 2 atom stereocenters. The number of aromatic nitrogens is 1. The number of nitrogens with one attached hydrogen (secondary N) is 1. The smallest absolute Gasteiger partial charge is 0.397 e. The van der Waals surface area contributed by atoms with E-state index >= 15 is 0 Å². The number of carbonyl (C=O) groups excluding carboxylic acids is 2. The largest absolute Gasteiger partial charge is 0.414 e. The minimum absolute atomic E-state index is 0.0434. The lowest BCUT2D eigenvalue weighted by molar-refractivity contribution is -0.191. The number of piperidine rings is 1. The van der Waals surface area contributed by atoms with Crippen LogP contribution in [0.4, 0.5) is 18.9 Å². The summed E-state index contributed by atoms with van der Waals surface area (Å²) in [4.78, 5) is 27.8. The van der Waals surface area contributed by atoms with Crippen LogP contribution in [0.2, 0.25) is 0 Å². The zero-order valence-corrected chi connectivity index (χ0v) is 12.4. The molecule has 3 N–H and O–H groups in total. The van der Waals surface area contributed by atoms with E-state index < -0.39 is 24.0 Å². The van der Waals surface area contributed by atoms with Gasteiger partial charge in [0, 0.05) is 20.0 Å². The van der Waals surface area contributed by atoms with Gasteiger partial charge >= 0.3 is 6.18 Å². The molecule has 1 aliphatic heterocycles. The summed E-state index contributed by atoms with van der Waals surface area (Å²) < 4.78 is 40.2. The van der Waals surface area contributed by atoms with Crippen LogP contribution in [0.1, 0.15) is 24.6 Å². The zero-order valence-electron chi connectivity index (χ0n) is 12.4. The number of amides is 2. The molecule has 0 radical (unpaired) electrons. The molecule has 2 rings (SSSR count). The summed E-state index contributed by atoms with van der Waals surface area (Å²) in [6.45, 7) is 0.0434. The molecule has 2 amide bonds. The highest BCUT2D eigenvalue weighted by Gasteiger charge is 2.47. The molecule has 1 aromatic heterocycles. The molecular formula is C14H17F3N4O2. The molecule has 1 saturated heterocycles. The predicted molar refractivity (Wildman–Crippen MR) is 75.9 cm³/mol. The van der Waals surface area contributed by atoms with Gasteiger partial charge in [0.2, 0.25) is 11.8 Å². The van der Waals surface area contributed by atoms with Gasteiger partial charge in [-0.05, 0) is 18.6 Å². The summed E-state index contributed by atoms with van der Waals surface area (Å²) >= 11 is 0. The molecule has 9 heteroatoms. The summed E-state index contributed by atoms with van der Waals surface area (Å²) in [6.07, 6.45) is -3.20. The Bertz CT molecular complexity index is 579. The first kappa shape index (κ1) is 17.0. The Morgan fingerprint density at radius 1 is 1.48 bits per heavy atom. The van der Waals surface area contributed by atoms with Crippen molar-refractivity contribution in [1.82, 2.24) is 15.2 Å². The monoisotopic (exact) mass is 330 g/mol. The van der Waals surface area contributed by atoms with Crippen LogP contribution in [0.15, 0.2) is 18.3 Å². The van der Waals surface area contributed by atoms with Crippen LogP contribution in [-0.4, -0.2) is 41.5 Å². The van der Waals surface area contributed by atoms with Gasteiger partial charge in [0.05, 0.1) is 23.5 Å². The molecule has 0 aliphatic carbocycles. The number of hydrogen-bond acceptors (Lipinski definition) is 4. The predicted octanol–water partition coefficient (Wildman–Crippen LogP) is 1.25. The summed E-state index contributed by atoms with van der Waals surface area (Å²) in [7, 11) is 1.09. The standard InChI is InChI=1S/C14H17F3N4O2/c1-21(13(23)8-2-5-11(22)20-6-8)12(14(15,16)17)10-4-3-9(18)7-19-10/h3-4,7-8,12H,2,5-6,18H2,1H3,(H,20,22)/t8-,12-/m0/s1. The lowest BCUT2D eigenvalue weighted by Crippen LogP contribution is -2.47. The lowest BCUT2D eigenvalue weighted by Gasteiger charge is -2.33. The SMILES string of the molecule is CN(C(=O)[C@H]1CCC(=O)NC1)[C@@H](c1ccc(N)cn1)C(F)(F)F. The second-order valence-electron chi connectivity index (χ2n) is 5.45. The first-order chi connectivity index (χ1) is 10.7. The summed E-state index contributed by atoms with van der Waals surface area (Å²) in [5, 5.41) is 2.49. The average molecular weight is 330 g/mol. The minimum atomic E-state index is -4.68. The van der Waals surface area contributed by atoms with E-state index in [4.69, 9.17) is 5.73 Å². The second-order valence-corrected chi connectivity index (χ2v) is 5.45. The number of hydrogen-bond donors (Lipinski definition) is 2. The van der Waals surface area contributed by atoms with Gasteiger partial charge in [-0.3, -0.25) is 14.6 Å². The lowest BCUT2D eigenvalue weighted by atomic mass is 9.96. The normalized spacial score (nSPS) is 19.8. The van der Waals surface area contributed by atoms with Gasteiger partial charge < -0.3 is 16.0 Å². The van der Waals surface area contributed by atoms with Crippen LogP contribution in [0, 0.1) is 5.92 Å². The van der Waals surface area contributed by atoms with Crippen LogP contribution < -0.4 is 11.1 Å². The Hall–Kier alpha value is -2.32. The van der Waals surface area contributed by atoms with Crippen LogP contribution in [-0.2, 0) is 9.59 Å². The molecule has 126 valence electrons. The van der Waals surface area contributed by atoms with Crippen LogP contribution in [0.3, 0.4) is 0 Å². The fourth-order valence-corrected chi connectivity index (χ4v) is 2.52. The van der Waals surface area contributed by atoms with Crippen LogP contribution in [0.25, 0.3) is 0 Å². The highest BCUT2D eigenvalue weighted by molar-refractivity contribution is 5.84. The second kappa shape index (κ2) is 6.43. The average Bonchev–Trinajstić information content (AvgIpc) is 2.48. The number of halogens is 3. The van der Waals surface area contributed by atoms with Gasteiger partial charge in [0.1, 0.15) is 0 Å². The van der Waals surface area contributed by atoms with Crippen molar-refractivity contribution < 1.29 is 22.8 Å². The summed E-state index contributed by atoms with van der Waals surface area (Å²) in [5.41, 5.74) is 5.37. The number of rotatable bonds is 3. The third-order valence-electron chi connectivity index (χ3n) is 3.75. The van der Waals surface area contributed by atoms with E-state index in [1.165, 1.54) is 6.07 Å². The summed E-state index contributed by atoms with van der Waals surface area (Å²) in [6, 6.07) is 0.299. The maximum absolute atomic E-state index is 13.4. The molecule has 1 aliphatic rings. The van der Waals surface area contributed by atoms with Gasteiger partial charge in [-0.25, -0.2) is 0 Å². The van der Waals surface area contributed by atoms with Gasteiger partial charge in [0.15, 0.2) is 6.04 Å². The van der Waals surface area contributed by atoms with E-state index in [0.717, 1.165) is 19.3 Å². The van der Waals surface area contributed by atoms with E-state index in [1.54, 1.807) is 0 Å². The highest BCUT2D eigenvalue weighted by Crippen LogP contribution is 2.37. The maximum atomic E-state index is 13.4. The number of carbonyl (C=O) groups is 2. The van der Waals surface area contributed by atoms with E-state index in [-0.39, 0.29) is 36.7 Å². The van der Waals surface area contributed by atoms with Gasteiger partial charge in [-0.2, -0.15) is 13.2 Å². The third-order valence-corrected chi connectivity index (χ3v) is 3.75. The third kappa shape index (κ3) is 3.91. The Morgan fingerprint density at radius 2 is 2.17 bits per heavy atom. The Morgan fingerprint density at radius 3 is 2.65 bits per heavy atom. The van der Waals surface area contributed by atoms with Crippen molar-refractivity contribution in [2.75, 3.05) is 19.3 Å². The topological polar surface area (TPSA) is 88.3 Å². The van der Waals surface area contributed by atoms with E-state index in [2.05, 4.69) is 10.3 Å². The molecule has 6 nitrogen and oxygen atoms in total. The fourth-order valence-electron chi connectivity index (χ4n) is 2.52. The first-order valence-corrected chi connectivity index (χ1v) is 7.01. The van der Waals surface area contributed by atoms with Crippen molar-refractivity contribution in [2.45, 2.75) is 25.1 Å². The molecule has 2 heterocycles. The molecule has 0 aromatic carbocycles. The van der Waals surface area contributed by atoms with Crippen molar-refractivity contribution in [3.63, 3.8) is 0 Å². The molecule has 1 fully saturated rings. The number of pyridine rings is 1. The Balaban J connectivity index is 2.23. The number of nitrogens with two attached hydrogens (primary N) is 1. The van der Waals surface area contributed by atoms with Gasteiger partial charge in [-0.15, -0.1) is 0 Å². The molecular weight excluding hydrogens is 313 g/mol. The van der Waals surface area contributed by atoms with Crippen LogP contribution in [0.5, 0.6) is 0 Å². The van der Waals surface area contributed by atoms with Crippen molar-refractivity contribution in [3.8, 4) is 0 Å². The molecule has 0 bridgehead atoms. The van der Waals surface area contributed by atoms with Crippen molar-refractivity contribution in [2.24, 2.45) is 5.92 Å². The quantitative estimate of drug-likeness (QED) is 0.873. The van der Waals surface area contributed by atoms with Gasteiger partial charge in [0.25, 0.3) is 0 Å². The molecule has 23 heavy (non-hydrogen) atoms. The number of alkyl halides is 3. The van der Waals surface area contributed by atoms with Crippen molar-refractivity contribution in [3.05, 3.63) is 24.0 Å². The number of nitrogen functional groups attached to an aromatic ring is 1. The van der Waals surface area contributed by atoms with Crippen LogP contribution >= 0.6 is 0 Å². The number of nitrogens with zero attached hydrogens (tertiary/aromatic N) is 2. The van der Waals surface area contributed by atoms with Gasteiger partial charge in [-0.1, -0.05) is 0 Å². The molecule has 0 saturated carbocycles. The highest BCUT2D eigenvalue weighted by atomic mass is 19.4. The number of anilines is 1. The first-order valence-electron chi connectivity index (χ1n) is 7.01. The fraction of sp³-hybridized carbons (Fsp3) is 0.500. The molecule has 1 aromatic rings. The Kier molecular flexibility index (Phi) is 4.76. The van der Waals surface area contributed by atoms with Crippen molar-refractivity contribution in [1.29, 1.82) is 0 Å². The van der Waals surface area contributed by atoms with Crippen molar-refractivity contribution >= 4 is 17.5 Å². The maximum Gasteiger partial charge on any atom is 0.414 e. The summed E-state index contributed by atoms with van der Waals surface area (Å²) in [5.74, 6) is -1.55. The molecule has 0 unspecified atom stereocenters. The molecule has 0 spiro atoms.